The van der Waals surface area contributed by atoms with E-state index in [1.165, 1.54) is 12.3 Å². The second-order valence-corrected chi connectivity index (χ2v) is 7.69. The van der Waals surface area contributed by atoms with Crippen LogP contribution < -0.4 is 5.32 Å². The van der Waals surface area contributed by atoms with Gasteiger partial charge in [0.1, 0.15) is 16.9 Å². The molecule has 1 aromatic heterocycles. The van der Waals surface area contributed by atoms with Crippen LogP contribution in [0.1, 0.15) is 12.0 Å². The van der Waals surface area contributed by atoms with Gasteiger partial charge in [0.2, 0.25) is 0 Å². The Bertz CT molecular complexity index is 1000. The lowest BCUT2D eigenvalue weighted by atomic mass is 10.2. The quantitative estimate of drug-likeness (QED) is 0.641. The number of nitrogens with zero attached hydrogens (tertiary/aromatic N) is 4. The zero-order valence-electron chi connectivity index (χ0n) is 13.6. The Morgan fingerprint density at radius 1 is 1.23 bits per heavy atom. The van der Waals surface area contributed by atoms with Gasteiger partial charge in [0.15, 0.2) is 5.84 Å². The molecule has 0 spiro atoms. The number of pyridine rings is 1. The molecule has 26 heavy (non-hydrogen) atoms. The molecule has 2 aromatic rings. The Labute approximate surface area is 149 Å². The van der Waals surface area contributed by atoms with Gasteiger partial charge >= 0.3 is 0 Å². The molecular formula is C16H15N5O4S. The van der Waals surface area contributed by atoms with Crippen LogP contribution in [0, 0.1) is 10.1 Å². The molecule has 2 aliphatic rings. The fourth-order valence-corrected chi connectivity index (χ4v) is 4.40. The van der Waals surface area contributed by atoms with Crippen LogP contribution in [0.25, 0.3) is 0 Å². The topological polar surface area (TPSA) is 118 Å². The number of sulfonamides is 1. The molecule has 0 bridgehead atoms. The normalized spacial score (nSPS) is 20.5. The lowest BCUT2D eigenvalue weighted by molar-refractivity contribution is -0.385. The number of anilines is 1. The summed E-state index contributed by atoms with van der Waals surface area (Å²) in [6.45, 7) is 1.23. The molecule has 0 amide bonds. The van der Waals surface area contributed by atoms with E-state index in [1.54, 1.807) is 30.3 Å². The minimum absolute atomic E-state index is 0.0436. The SMILES string of the molecule is O=[N+]([O-])c1ccc(NC2CCN(C3=NS(=O)(=O)c4ccccc43)C2)nc1. The van der Waals surface area contributed by atoms with Gasteiger partial charge < -0.3 is 10.2 Å². The van der Waals surface area contributed by atoms with Crippen molar-refractivity contribution < 1.29 is 13.3 Å². The second-order valence-electron chi connectivity index (χ2n) is 6.12. The van der Waals surface area contributed by atoms with Crippen LogP contribution >= 0.6 is 0 Å². The Morgan fingerprint density at radius 2 is 2.04 bits per heavy atom. The number of amidine groups is 1. The molecule has 4 rings (SSSR count). The van der Waals surface area contributed by atoms with Crippen LogP contribution in [0.15, 0.2) is 51.9 Å². The van der Waals surface area contributed by atoms with Crippen molar-refractivity contribution in [2.75, 3.05) is 18.4 Å². The van der Waals surface area contributed by atoms with E-state index in [4.69, 9.17) is 0 Å². The smallest absolute Gasteiger partial charge is 0.287 e. The highest BCUT2D eigenvalue weighted by Crippen LogP contribution is 2.29. The van der Waals surface area contributed by atoms with E-state index < -0.39 is 14.9 Å². The zero-order valence-corrected chi connectivity index (χ0v) is 14.4. The molecule has 1 N–H and O–H groups in total. The van der Waals surface area contributed by atoms with Gasteiger partial charge in [-0.15, -0.1) is 4.40 Å². The monoisotopic (exact) mass is 373 g/mol. The number of benzene rings is 1. The largest absolute Gasteiger partial charge is 0.365 e. The molecule has 1 saturated heterocycles. The van der Waals surface area contributed by atoms with Gasteiger partial charge in [0.25, 0.3) is 15.7 Å². The molecule has 134 valence electrons. The highest BCUT2D eigenvalue weighted by molar-refractivity contribution is 7.90. The summed E-state index contributed by atoms with van der Waals surface area (Å²) in [5.41, 5.74) is 0.562. The molecule has 1 fully saturated rings. The van der Waals surface area contributed by atoms with E-state index in [2.05, 4.69) is 14.7 Å². The number of hydrogen-bond donors (Lipinski definition) is 1. The summed E-state index contributed by atoms with van der Waals surface area (Å²) in [6, 6.07) is 9.80. The van der Waals surface area contributed by atoms with Crippen LogP contribution in [0.5, 0.6) is 0 Å². The third kappa shape index (κ3) is 2.88. The fraction of sp³-hybridized carbons (Fsp3) is 0.250. The Kier molecular flexibility index (Phi) is 3.83. The molecule has 1 atom stereocenters. The summed E-state index contributed by atoms with van der Waals surface area (Å²) in [7, 11) is -3.63. The van der Waals surface area contributed by atoms with Crippen LogP contribution in [-0.2, 0) is 10.0 Å². The number of aromatic nitrogens is 1. The molecule has 0 aliphatic carbocycles. The number of fused-ring (bicyclic) bond motifs is 1. The predicted molar refractivity (Wildman–Crippen MR) is 94.7 cm³/mol. The Balaban J connectivity index is 1.49. The van der Waals surface area contributed by atoms with Crippen molar-refractivity contribution in [2.24, 2.45) is 4.40 Å². The van der Waals surface area contributed by atoms with Gasteiger partial charge in [0, 0.05) is 30.8 Å². The van der Waals surface area contributed by atoms with Crippen LogP contribution in [0.4, 0.5) is 11.5 Å². The summed E-state index contributed by atoms with van der Waals surface area (Å²) in [5, 5.41) is 13.9. The summed E-state index contributed by atoms with van der Waals surface area (Å²) in [4.78, 5) is 16.4. The number of likely N-dealkylation sites (tertiary alicyclic amines) is 1. The van der Waals surface area contributed by atoms with E-state index in [-0.39, 0.29) is 16.6 Å². The van der Waals surface area contributed by atoms with E-state index >= 15 is 0 Å². The van der Waals surface area contributed by atoms with Crippen molar-refractivity contribution in [3.8, 4) is 0 Å². The molecule has 10 heteroatoms. The lowest BCUT2D eigenvalue weighted by Gasteiger charge is -2.19. The molecular weight excluding hydrogens is 358 g/mol. The van der Waals surface area contributed by atoms with Crippen molar-refractivity contribution in [3.63, 3.8) is 0 Å². The van der Waals surface area contributed by atoms with Crippen LogP contribution in [0.3, 0.4) is 0 Å². The predicted octanol–water partition coefficient (Wildman–Crippen LogP) is 1.63. The minimum Gasteiger partial charge on any atom is -0.365 e. The van der Waals surface area contributed by atoms with Gasteiger partial charge in [-0.2, -0.15) is 8.42 Å². The van der Waals surface area contributed by atoms with Crippen molar-refractivity contribution in [3.05, 3.63) is 58.3 Å². The zero-order chi connectivity index (χ0) is 18.3. The fourth-order valence-electron chi connectivity index (χ4n) is 3.18. The number of nitrogens with one attached hydrogen (secondary N) is 1. The van der Waals surface area contributed by atoms with Gasteiger partial charge in [0.05, 0.1) is 4.92 Å². The summed E-state index contributed by atoms with van der Waals surface area (Å²) >= 11 is 0. The molecule has 0 radical (unpaired) electrons. The maximum atomic E-state index is 12.2. The van der Waals surface area contributed by atoms with Crippen molar-refractivity contribution in [1.29, 1.82) is 0 Å². The number of hydrogen-bond acceptors (Lipinski definition) is 7. The maximum Gasteiger partial charge on any atom is 0.287 e. The molecule has 0 saturated carbocycles. The number of rotatable bonds is 3. The third-order valence-corrected chi connectivity index (χ3v) is 5.74. The lowest BCUT2D eigenvalue weighted by Crippen LogP contribution is -2.31. The molecule has 1 aromatic carbocycles. The first-order valence-corrected chi connectivity index (χ1v) is 9.44. The minimum atomic E-state index is -3.63. The molecule has 3 heterocycles. The standard InChI is InChI=1S/C16H15N5O4S/c22-21(23)12-5-6-15(17-9-12)18-11-7-8-20(10-11)16-13-3-1-2-4-14(13)26(24,25)19-16/h1-6,9,11H,7-8,10H2,(H,17,18). The highest BCUT2D eigenvalue weighted by atomic mass is 32.2. The van der Waals surface area contributed by atoms with Gasteiger partial charge in [-0.3, -0.25) is 10.1 Å². The Hall–Kier alpha value is -3.01. The van der Waals surface area contributed by atoms with Crippen LogP contribution in [-0.4, -0.2) is 48.2 Å². The first kappa shape index (κ1) is 16.5. The maximum absolute atomic E-state index is 12.2. The van der Waals surface area contributed by atoms with E-state index in [9.17, 15) is 18.5 Å². The number of nitro groups is 1. The van der Waals surface area contributed by atoms with Crippen molar-refractivity contribution >= 4 is 27.4 Å². The summed E-state index contributed by atoms with van der Waals surface area (Å²) in [5.74, 6) is 1.02. The van der Waals surface area contributed by atoms with Gasteiger partial charge in [-0.05, 0) is 24.6 Å². The van der Waals surface area contributed by atoms with Gasteiger partial charge in [-0.1, -0.05) is 12.1 Å². The second kappa shape index (κ2) is 6.06. The third-order valence-electron chi connectivity index (χ3n) is 4.41. The summed E-state index contributed by atoms with van der Waals surface area (Å²) in [6.07, 6.45) is 1.98. The Morgan fingerprint density at radius 3 is 2.77 bits per heavy atom. The van der Waals surface area contributed by atoms with Crippen molar-refractivity contribution in [2.45, 2.75) is 17.4 Å². The first-order chi connectivity index (χ1) is 12.4. The molecule has 1 unspecified atom stereocenters. The average Bonchev–Trinajstić information content (AvgIpc) is 3.18. The highest BCUT2D eigenvalue weighted by Gasteiger charge is 2.34. The van der Waals surface area contributed by atoms with Crippen molar-refractivity contribution in [1.82, 2.24) is 9.88 Å². The van der Waals surface area contributed by atoms with E-state index in [1.807, 2.05) is 4.90 Å². The average molecular weight is 373 g/mol. The van der Waals surface area contributed by atoms with Crippen LogP contribution in [0.2, 0.25) is 0 Å². The summed E-state index contributed by atoms with van der Waals surface area (Å²) < 4.78 is 28.3. The van der Waals surface area contributed by atoms with Gasteiger partial charge in [-0.25, -0.2) is 4.98 Å². The van der Waals surface area contributed by atoms with E-state index in [0.717, 1.165) is 6.42 Å². The molecule has 9 nitrogen and oxygen atoms in total. The van der Waals surface area contributed by atoms with E-state index in [0.29, 0.717) is 30.3 Å². The first-order valence-electron chi connectivity index (χ1n) is 8.00. The molecule has 2 aliphatic heterocycles.